The van der Waals surface area contributed by atoms with Crippen LogP contribution in [0.15, 0.2) is 0 Å². The highest BCUT2D eigenvalue weighted by atomic mass is 15.1. The molecule has 1 heterocycles. The molecule has 0 unspecified atom stereocenters. The topological polar surface area (TPSA) is 53.1 Å². The minimum absolute atomic E-state index is 0.195. The lowest BCUT2D eigenvalue weighted by Gasteiger charge is -2.29. The molecule has 1 saturated carbocycles. The molecule has 118 valence electrons. The first-order chi connectivity index (χ1) is 9.82. The molecule has 1 fully saturated rings. The SMILES string of the molecule is CNc1nc(C2CC2)nc(NCC(C)(C)CN(C)C)c1C. The molecular formula is C16H29N5. The van der Waals surface area contributed by atoms with Crippen LogP contribution in [0.4, 0.5) is 11.6 Å². The minimum atomic E-state index is 0.195. The monoisotopic (exact) mass is 291 g/mol. The third kappa shape index (κ3) is 4.30. The third-order valence-electron chi connectivity index (χ3n) is 3.82. The molecule has 0 amide bonds. The summed E-state index contributed by atoms with van der Waals surface area (Å²) >= 11 is 0. The number of nitrogens with one attached hydrogen (secondary N) is 2. The maximum Gasteiger partial charge on any atom is 0.136 e. The van der Waals surface area contributed by atoms with Crippen LogP contribution >= 0.6 is 0 Å². The summed E-state index contributed by atoms with van der Waals surface area (Å²) in [6, 6.07) is 0. The van der Waals surface area contributed by atoms with Crippen LogP contribution in [0.3, 0.4) is 0 Å². The number of anilines is 2. The Labute approximate surface area is 128 Å². The Morgan fingerprint density at radius 1 is 1.19 bits per heavy atom. The van der Waals surface area contributed by atoms with Gasteiger partial charge in [-0.05, 0) is 39.3 Å². The van der Waals surface area contributed by atoms with Crippen LogP contribution in [0.2, 0.25) is 0 Å². The first kappa shape index (κ1) is 16.0. The molecule has 0 saturated heterocycles. The maximum absolute atomic E-state index is 4.75. The lowest BCUT2D eigenvalue weighted by molar-refractivity contribution is 0.254. The largest absolute Gasteiger partial charge is 0.373 e. The van der Waals surface area contributed by atoms with Crippen LogP contribution < -0.4 is 10.6 Å². The fraction of sp³-hybridized carbons (Fsp3) is 0.750. The molecule has 5 nitrogen and oxygen atoms in total. The van der Waals surface area contributed by atoms with Crippen LogP contribution in [0.5, 0.6) is 0 Å². The average molecular weight is 291 g/mol. The van der Waals surface area contributed by atoms with E-state index in [4.69, 9.17) is 4.98 Å². The molecule has 0 aromatic carbocycles. The lowest BCUT2D eigenvalue weighted by atomic mass is 9.93. The van der Waals surface area contributed by atoms with Crippen molar-refractivity contribution in [2.75, 3.05) is 44.9 Å². The Balaban J connectivity index is 2.13. The Morgan fingerprint density at radius 2 is 1.81 bits per heavy atom. The first-order valence-corrected chi connectivity index (χ1v) is 7.77. The van der Waals surface area contributed by atoms with Gasteiger partial charge in [0, 0.05) is 31.6 Å². The molecule has 0 atom stereocenters. The number of hydrogen-bond donors (Lipinski definition) is 2. The summed E-state index contributed by atoms with van der Waals surface area (Å²) in [4.78, 5) is 11.6. The molecule has 1 aromatic heterocycles. The highest BCUT2D eigenvalue weighted by Gasteiger charge is 2.28. The van der Waals surface area contributed by atoms with Crippen molar-refractivity contribution in [1.82, 2.24) is 14.9 Å². The number of rotatable bonds is 7. The second-order valence-corrected chi connectivity index (χ2v) is 7.18. The van der Waals surface area contributed by atoms with Gasteiger partial charge in [-0.15, -0.1) is 0 Å². The van der Waals surface area contributed by atoms with Crippen molar-refractivity contribution in [2.45, 2.75) is 39.5 Å². The van der Waals surface area contributed by atoms with Gasteiger partial charge >= 0.3 is 0 Å². The van der Waals surface area contributed by atoms with E-state index in [1.54, 1.807) is 0 Å². The zero-order chi connectivity index (χ0) is 15.6. The predicted molar refractivity (Wildman–Crippen MR) is 89.1 cm³/mol. The van der Waals surface area contributed by atoms with E-state index in [2.05, 4.69) is 55.4 Å². The molecule has 21 heavy (non-hydrogen) atoms. The zero-order valence-corrected chi connectivity index (χ0v) is 14.2. The van der Waals surface area contributed by atoms with Crippen molar-refractivity contribution < 1.29 is 0 Å². The van der Waals surface area contributed by atoms with E-state index in [1.165, 1.54) is 12.8 Å². The highest BCUT2D eigenvalue weighted by molar-refractivity contribution is 5.57. The normalized spacial score (nSPS) is 15.4. The van der Waals surface area contributed by atoms with Gasteiger partial charge in [0.15, 0.2) is 0 Å². The van der Waals surface area contributed by atoms with Crippen molar-refractivity contribution in [1.29, 1.82) is 0 Å². The molecule has 0 radical (unpaired) electrons. The van der Waals surface area contributed by atoms with Gasteiger partial charge in [0.1, 0.15) is 17.5 Å². The van der Waals surface area contributed by atoms with Crippen molar-refractivity contribution in [2.24, 2.45) is 5.41 Å². The van der Waals surface area contributed by atoms with E-state index in [-0.39, 0.29) is 5.41 Å². The summed E-state index contributed by atoms with van der Waals surface area (Å²) in [6.45, 7) is 8.56. The Hall–Kier alpha value is -1.36. The van der Waals surface area contributed by atoms with Gasteiger partial charge in [-0.1, -0.05) is 13.8 Å². The van der Waals surface area contributed by atoms with Crippen molar-refractivity contribution in [3.63, 3.8) is 0 Å². The van der Waals surface area contributed by atoms with Gasteiger partial charge in [-0.2, -0.15) is 0 Å². The van der Waals surface area contributed by atoms with Gasteiger partial charge in [0.25, 0.3) is 0 Å². The number of nitrogens with zero attached hydrogens (tertiary/aromatic N) is 3. The predicted octanol–water partition coefficient (Wildman–Crippen LogP) is 2.70. The van der Waals surface area contributed by atoms with E-state index < -0.39 is 0 Å². The van der Waals surface area contributed by atoms with Crippen molar-refractivity contribution >= 4 is 11.6 Å². The van der Waals surface area contributed by atoms with E-state index >= 15 is 0 Å². The second kappa shape index (κ2) is 6.18. The smallest absolute Gasteiger partial charge is 0.136 e. The van der Waals surface area contributed by atoms with Crippen molar-refractivity contribution in [3.05, 3.63) is 11.4 Å². The fourth-order valence-corrected chi connectivity index (χ4v) is 2.71. The van der Waals surface area contributed by atoms with E-state index in [0.717, 1.165) is 36.1 Å². The summed E-state index contributed by atoms with van der Waals surface area (Å²) in [7, 11) is 6.15. The van der Waals surface area contributed by atoms with Gasteiger partial charge in [-0.25, -0.2) is 9.97 Å². The molecule has 2 rings (SSSR count). The van der Waals surface area contributed by atoms with E-state index in [9.17, 15) is 0 Å². The molecule has 1 aliphatic carbocycles. The fourth-order valence-electron chi connectivity index (χ4n) is 2.71. The lowest BCUT2D eigenvalue weighted by Crippen LogP contribution is -2.34. The molecule has 0 bridgehead atoms. The first-order valence-electron chi connectivity index (χ1n) is 7.77. The number of hydrogen-bond acceptors (Lipinski definition) is 5. The van der Waals surface area contributed by atoms with E-state index in [1.807, 2.05) is 7.05 Å². The quantitative estimate of drug-likeness (QED) is 0.809. The Bertz CT molecular complexity index is 492. The van der Waals surface area contributed by atoms with Gasteiger partial charge in [0.05, 0.1) is 0 Å². The molecule has 2 N–H and O–H groups in total. The van der Waals surface area contributed by atoms with Gasteiger partial charge in [-0.3, -0.25) is 0 Å². The van der Waals surface area contributed by atoms with Crippen LogP contribution in [-0.4, -0.2) is 49.1 Å². The molecule has 0 spiro atoms. The van der Waals surface area contributed by atoms with Crippen LogP contribution in [-0.2, 0) is 0 Å². The molecule has 0 aliphatic heterocycles. The zero-order valence-electron chi connectivity index (χ0n) is 14.2. The minimum Gasteiger partial charge on any atom is -0.373 e. The number of aromatic nitrogens is 2. The summed E-state index contributed by atoms with van der Waals surface area (Å²) in [6.07, 6.45) is 2.44. The van der Waals surface area contributed by atoms with Crippen LogP contribution in [0.25, 0.3) is 0 Å². The van der Waals surface area contributed by atoms with Gasteiger partial charge < -0.3 is 15.5 Å². The standard InChI is InChI=1S/C16H29N5/c1-11-13(17-4)19-15(12-7-8-12)20-14(11)18-9-16(2,3)10-21(5)6/h12H,7-10H2,1-6H3,(H2,17,18,19,20). The summed E-state index contributed by atoms with van der Waals surface area (Å²) in [5, 5.41) is 6.73. The van der Waals surface area contributed by atoms with Gasteiger partial charge in [0.2, 0.25) is 0 Å². The highest BCUT2D eigenvalue weighted by Crippen LogP contribution is 2.39. The van der Waals surface area contributed by atoms with Crippen molar-refractivity contribution in [3.8, 4) is 0 Å². The maximum atomic E-state index is 4.75. The van der Waals surface area contributed by atoms with Crippen LogP contribution in [0, 0.1) is 12.3 Å². The summed E-state index contributed by atoms with van der Waals surface area (Å²) < 4.78 is 0. The molecule has 5 heteroatoms. The third-order valence-corrected chi connectivity index (χ3v) is 3.82. The van der Waals surface area contributed by atoms with E-state index in [0.29, 0.717) is 5.92 Å². The molecule has 1 aliphatic rings. The van der Waals surface area contributed by atoms with Crippen LogP contribution in [0.1, 0.15) is 44.0 Å². The Kier molecular flexibility index (Phi) is 4.71. The average Bonchev–Trinajstić information content (AvgIpc) is 3.20. The summed E-state index contributed by atoms with van der Waals surface area (Å²) in [5.41, 5.74) is 1.29. The molecular weight excluding hydrogens is 262 g/mol. The summed E-state index contributed by atoms with van der Waals surface area (Å²) in [5.74, 6) is 3.47. The molecule has 1 aromatic rings. The second-order valence-electron chi connectivity index (χ2n) is 7.18. The Morgan fingerprint density at radius 3 is 2.33 bits per heavy atom.